The summed E-state index contributed by atoms with van der Waals surface area (Å²) in [4.78, 5) is 49.8. The molecule has 12 heteroatoms. The van der Waals surface area contributed by atoms with Crippen LogP contribution in [0.25, 0.3) is 16.7 Å². The summed E-state index contributed by atoms with van der Waals surface area (Å²) in [5.41, 5.74) is 0.425. The molecule has 214 valence electrons. The van der Waals surface area contributed by atoms with Crippen molar-refractivity contribution in [3.05, 3.63) is 82.2 Å². The topological polar surface area (TPSA) is 133 Å². The van der Waals surface area contributed by atoms with Gasteiger partial charge in [-0.2, -0.15) is 4.98 Å². The Morgan fingerprint density at radius 1 is 1.17 bits per heavy atom. The van der Waals surface area contributed by atoms with Crippen molar-refractivity contribution in [1.82, 2.24) is 24.0 Å². The van der Waals surface area contributed by atoms with Gasteiger partial charge in [-0.15, -0.1) is 0 Å². The van der Waals surface area contributed by atoms with Crippen LogP contribution in [-0.2, 0) is 4.79 Å². The predicted octanol–water partition coefficient (Wildman–Crippen LogP) is 3.34. The van der Waals surface area contributed by atoms with Gasteiger partial charge in [0.25, 0.3) is 5.56 Å². The number of anilines is 3. The maximum atomic E-state index is 13.7. The smallest absolute Gasteiger partial charge is 0.337 e. The molecule has 0 radical (unpaired) electrons. The van der Waals surface area contributed by atoms with E-state index >= 15 is 0 Å². The molecule has 4 rings (SSSR count). The summed E-state index contributed by atoms with van der Waals surface area (Å²) in [6, 6.07) is 11.6. The fourth-order valence-electron chi connectivity index (χ4n) is 4.10. The highest BCUT2D eigenvalue weighted by Crippen LogP contribution is 2.31. The Labute approximate surface area is 236 Å². The van der Waals surface area contributed by atoms with Crippen LogP contribution in [0.1, 0.15) is 19.9 Å². The second-order valence-electron chi connectivity index (χ2n) is 9.70. The van der Waals surface area contributed by atoms with Gasteiger partial charge in [0.1, 0.15) is 23.5 Å². The van der Waals surface area contributed by atoms with E-state index in [-0.39, 0.29) is 17.0 Å². The number of benzene rings is 2. The molecule has 4 aromatic rings. The first-order valence-corrected chi connectivity index (χ1v) is 12.9. The largest absolute Gasteiger partial charge is 0.494 e. The van der Waals surface area contributed by atoms with E-state index in [2.05, 4.69) is 27.2 Å². The molecular weight excluding hydrogens is 526 g/mol. The van der Waals surface area contributed by atoms with Gasteiger partial charge < -0.3 is 25.0 Å². The van der Waals surface area contributed by atoms with E-state index in [9.17, 15) is 14.4 Å². The molecule has 1 amide bonds. The highest BCUT2D eigenvalue weighted by Gasteiger charge is 2.19. The first-order valence-electron chi connectivity index (χ1n) is 12.9. The number of nitrogens with zero attached hydrogens (tertiary/aromatic N) is 5. The fourth-order valence-corrected chi connectivity index (χ4v) is 4.10. The lowest BCUT2D eigenvalue weighted by molar-refractivity contribution is -0.111. The Bertz CT molecular complexity index is 1710. The SMILES string of the molecule is C=CC(=O)Nc1cccc(-n2c(=O)n(C(C)C)c(=O)c3cnc(Nc4ccc(OCCN(C)C)cc4OC)nc32)c1. The van der Waals surface area contributed by atoms with E-state index in [4.69, 9.17) is 9.47 Å². The number of ether oxygens (including phenoxy) is 2. The molecule has 0 aliphatic rings. The van der Waals surface area contributed by atoms with Crippen molar-refractivity contribution in [2.75, 3.05) is 45.0 Å². The van der Waals surface area contributed by atoms with Crippen LogP contribution in [-0.4, -0.2) is 64.3 Å². The van der Waals surface area contributed by atoms with E-state index in [1.165, 1.54) is 17.9 Å². The van der Waals surface area contributed by atoms with Gasteiger partial charge in [0.15, 0.2) is 5.65 Å². The molecule has 2 N–H and O–H groups in total. The third-order valence-electron chi connectivity index (χ3n) is 6.13. The van der Waals surface area contributed by atoms with Crippen molar-refractivity contribution in [3.8, 4) is 17.2 Å². The van der Waals surface area contributed by atoms with Crippen LogP contribution in [0.15, 0.2) is 70.9 Å². The van der Waals surface area contributed by atoms with Gasteiger partial charge in [-0.3, -0.25) is 14.2 Å². The van der Waals surface area contributed by atoms with Crippen LogP contribution in [0.3, 0.4) is 0 Å². The van der Waals surface area contributed by atoms with Crippen molar-refractivity contribution in [3.63, 3.8) is 0 Å². The number of aromatic nitrogens is 4. The standard InChI is InChI=1S/C29H33N7O5/c1-7-25(37)31-19-9-8-10-20(15-19)36-26-22(27(38)35(18(2)3)29(36)39)17-30-28(33-26)32-23-12-11-21(16-24(23)40-6)41-14-13-34(4)5/h7-12,15-18H,1,13-14H2,2-6H3,(H,31,37)(H,30,32,33). The minimum atomic E-state index is -0.578. The number of hydrogen-bond acceptors (Lipinski definition) is 9. The van der Waals surface area contributed by atoms with E-state index in [0.29, 0.717) is 35.2 Å². The summed E-state index contributed by atoms with van der Waals surface area (Å²) in [7, 11) is 5.47. The third kappa shape index (κ3) is 6.44. The van der Waals surface area contributed by atoms with Gasteiger partial charge in [0.05, 0.1) is 18.5 Å². The predicted molar refractivity (Wildman–Crippen MR) is 159 cm³/mol. The molecule has 0 spiro atoms. The van der Waals surface area contributed by atoms with Gasteiger partial charge in [0, 0.05) is 30.5 Å². The second kappa shape index (κ2) is 12.5. The van der Waals surface area contributed by atoms with Crippen LogP contribution in [0.4, 0.5) is 17.3 Å². The van der Waals surface area contributed by atoms with Gasteiger partial charge >= 0.3 is 5.69 Å². The third-order valence-corrected chi connectivity index (χ3v) is 6.13. The fraction of sp³-hybridized carbons (Fsp3) is 0.276. The molecule has 0 atom stereocenters. The minimum Gasteiger partial charge on any atom is -0.494 e. The maximum Gasteiger partial charge on any atom is 0.337 e. The first kappa shape index (κ1) is 29.0. The molecule has 0 saturated heterocycles. The maximum absolute atomic E-state index is 13.7. The van der Waals surface area contributed by atoms with Crippen molar-refractivity contribution < 1.29 is 14.3 Å². The number of nitrogens with one attached hydrogen (secondary N) is 2. The Balaban J connectivity index is 1.81. The highest BCUT2D eigenvalue weighted by atomic mass is 16.5. The molecule has 0 aliphatic carbocycles. The summed E-state index contributed by atoms with van der Waals surface area (Å²) in [6.07, 6.45) is 2.53. The monoisotopic (exact) mass is 559 g/mol. The van der Waals surface area contributed by atoms with Crippen LogP contribution < -0.4 is 31.4 Å². The number of rotatable bonds is 11. The number of hydrogen-bond donors (Lipinski definition) is 2. The summed E-state index contributed by atoms with van der Waals surface area (Å²) in [5, 5.41) is 5.95. The molecule has 0 aliphatic heterocycles. The second-order valence-corrected chi connectivity index (χ2v) is 9.70. The molecular formula is C29H33N7O5. The Kier molecular flexibility index (Phi) is 8.83. The number of carbonyl (C=O) groups excluding carboxylic acids is 1. The average Bonchev–Trinajstić information content (AvgIpc) is 2.93. The zero-order valence-corrected chi connectivity index (χ0v) is 23.7. The van der Waals surface area contributed by atoms with Gasteiger partial charge in [-0.1, -0.05) is 12.6 Å². The Morgan fingerprint density at radius 2 is 1.95 bits per heavy atom. The van der Waals surface area contributed by atoms with Crippen molar-refractivity contribution in [2.45, 2.75) is 19.9 Å². The van der Waals surface area contributed by atoms with Gasteiger partial charge in [-0.05, 0) is 64.4 Å². The quantitative estimate of drug-likeness (QED) is 0.266. The van der Waals surface area contributed by atoms with E-state index < -0.39 is 23.2 Å². The zero-order valence-electron chi connectivity index (χ0n) is 23.7. The van der Waals surface area contributed by atoms with E-state index in [0.717, 1.165) is 17.2 Å². The summed E-state index contributed by atoms with van der Waals surface area (Å²) in [5.74, 6) is 0.876. The Morgan fingerprint density at radius 3 is 2.63 bits per heavy atom. The average molecular weight is 560 g/mol. The van der Waals surface area contributed by atoms with Crippen LogP contribution in [0, 0.1) is 0 Å². The lowest BCUT2D eigenvalue weighted by Gasteiger charge is -2.17. The van der Waals surface area contributed by atoms with E-state index in [1.54, 1.807) is 56.3 Å². The molecule has 0 fully saturated rings. The number of likely N-dealkylation sites (N-methyl/N-ethyl adjacent to an activating group) is 1. The number of methoxy groups -OCH3 is 1. The molecule has 41 heavy (non-hydrogen) atoms. The number of carbonyl (C=O) groups is 1. The normalized spacial score (nSPS) is 11.1. The lowest BCUT2D eigenvalue weighted by atomic mass is 10.2. The van der Waals surface area contributed by atoms with Gasteiger partial charge in [-0.25, -0.2) is 14.3 Å². The number of amides is 1. The molecule has 12 nitrogen and oxygen atoms in total. The zero-order chi connectivity index (χ0) is 29.7. The molecule has 0 saturated carbocycles. The highest BCUT2D eigenvalue weighted by molar-refractivity contribution is 5.99. The molecule has 2 heterocycles. The summed E-state index contributed by atoms with van der Waals surface area (Å²) >= 11 is 0. The molecule has 2 aromatic carbocycles. The summed E-state index contributed by atoms with van der Waals surface area (Å²) in [6.45, 7) is 8.24. The van der Waals surface area contributed by atoms with Crippen LogP contribution in [0.5, 0.6) is 11.5 Å². The van der Waals surface area contributed by atoms with E-state index in [1.807, 2.05) is 19.0 Å². The minimum absolute atomic E-state index is 0.101. The Hall–Kier alpha value is -4.97. The molecule has 0 bridgehead atoms. The van der Waals surface area contributed by atoms with Crippen molar-refractivity contribution >= 4 is 34.3 Å². The van der Waals surface area contributed by atoms with Crippen LogP contribution in [0.2, 0.25) is 0 Å². The van der Waals surface area contributed by atoms with Crippen molar-refractivity contribution in [2.24, 2.45) is 0 Å². The molecule has 0 unspecified atom stereocenters. The van der Waals surface area contributed by atoms with Gasteiger partial charge in [0.2, 0.25) is 11.9 Å². The number of fused-ring (bicyclic) bond motifs is 1. The summed E-state index contributed by atoms with van der Waals surface area (Å²) < 4.78 is 13.8. The lowest BCUT2D eigenvalue weighted by Crippen LogP contribution is -2.41. The van der Waals surface area contributed by atoms with Crippen LogP contribution >= 0.6 is 0 Å². The first-order chi connectivity index (χ1) is 19.6. The molecule has 2 aromatic heterocycles. The van der Waals surface area contributed by atoms with Crippen molar-refractivity contribution in [1.29, 1.82) is 0 Å².